The van der Waals surface area contributed by atoms with Gasteiger partial charge in [-0.2, -0.15) is 5.10 Å². The molecule has 0 fully saturated rings. The zero-order chi connectivity index (χ0) is 11.3. The molecule has 0 aromatic carbocycles. The van der Waals surface area contributed by atoms with E-state index >= 15 is 0 Å². The second-order valence-corrected chi connectivity index (χ2v) is 3.43. The van der Waals surface area contributed by atoms with Crippen molar-refractivity contribution < 1.29 is 9.53 Å². The van der Waals surface area contributed by atoms with E-state index in [1.54, 1.807) is 6.07 Å². The number of nitrogens with one attached hydrogen (secondary N) is 1. The molecule has 15 heavy (non-hydrogen) atoms. The maximum atomic E-state index is 10.8. The van der Waals surface area contributed by atoms with Gasteiger partial charge in [-0.05, 0) is 18.1 Å². The van der Waals surface area contributed by atoms with Crippen molar-refractivity contribution in [3.05, 3.63) is 17.8 Å². The Morgan fingerprint density at radius 3 is 2.67 bits per heavy atom. The van der Waals surface area contributed by atoms with Gasteiger partial charge in [-0.25, -0.2) is 0 Å². The van der Waals surface area contributed by atoms with E-state index in [0.29, 0.717) is 11.7 Å². The van der Waals surface area contributed by atoms with Crippen LogP contribution in [0.3, 0.4) is 0 Å². The summed E-state index contributed by atoms with van der Waals surface area (Å²) >= 11 is 0. The molecule has 1 aromatic heterocycles. The summed E-state index contributed by atoms with van der Waals surface area (Å²) in [6.45, 7) is 4.20. The van der Waals surface area contributed by atoms with Crippen LogP contribution in [0.1, 0.15) is 25.5 Å². The number of anilines is 1. The van der Waals surface area contributed by atoms with Crippen LogP contribution in [0.2, 0.25) is 0 Å². The smallest absolute Gasteiger partial charge is 0.325 e. The molecule has 5 heteroatoms. The third-order valence-electron chi connectivity index (χ3n) is 1.92. The predicted octanol–water partition coefficient (Wildman–Crippen LogP) is 1.18. The lowest BCUT2D eigenvalue weighted by molar-refractivity contribution is -0.138. The average Bonchev–Trinajstić information content (AvgIpc) is 2.26. The van der Waals surface area contributed by atoms with E-state index in [9.17, 15) is 4.79 Å². The molecule has 1 aromatic rings. The van der Waals surface area contributed by atoms with Crippen LogP contribution in [0.25, 0.3) is 0 Å². The van der Waals surface area contributed by atoms with Crippen LogP contribution in [0.15, 0.2) is 12.1 Å². The fraction of sp³-hybridized carbons (Fsp3) is 0.500. The molecule has 1 N–H and O–H groups in total. The van der Waals surface area contributed by atoms with Gasteiger partial charge in [-0.3, -0.25) is 4.79 Å². The Morgan fingerprint density at radius 2 is 2.20 bits per heavy atom. The number of rotatable bonds is 4. The summed E-state index contributed by atoms with van der Waals surface area (Å²) in [7, 11) is 1.34. The molecule has 0 saturated carbocycles. The van der Waals surface area contributed by atoms with Crippen molar-refractivity contribution in [3.8, 4) is 0 Å². The number of hydrogen-bond donors (Lipinski definition) is 1. The van der Waals surface area contributed by atoms with Crippen LogP contribution in [-0.2, 0) is 9.53 Å². The zero-order valence-corrected chi connectivity index (χ0v) is 9.15. The standard InChI is InChI=1S/C10H15N3O2/c1-7(2)8-4-5-9(13-12-8)11-6-10(14)15-3/h4-5,7H,6H2,1-3H3,(H,11,13). The fourth-order valence-corrected chi connectivity index (χ4v) is 0.980. The Kier molecular flexibility index (Phi) is 4.03. The minimum absolute atomic E-state index is 0.103. The molecule has 0 aliphatic heterocycles. The van der Waals surface area contributed by atoms with Crippen LogP contribution < -0.4 is 5.32 Å². The van der Waals surface area contributed by atoms with E-state index in [1.165, 1.54) is 7.11 Å². The summed E-state index contributed by atoms with van der Waals surface area (Å²) in [6.07, 6.45) is 0. The highest BCUT2D eigenvalue weighted by Gasteiger charge is 2.03. The summed E-state index contributed by atoms with van der Waals surface area (Å²) in [6, 6.07) is 3.68. The number of carbonyl (C=O) groups excluding carboxylic acids is 1. The predicted molar refractivity (Wildman–Crippen MR) is 56.6 cm³/mol. The van der Waals surface area contributed by atoms with Crippen LogP contribution in [0, 0.1) is 0 Å². The first-order chi connectivity index (χ1) is 7.13. The fourth-order valence-electron chi connectivity index (χ4n) is 0.980. The first-order valence-corrected chi connectivity index (χ1v) is 4.77. The van der Waals surface area contributed by atoms with Gasteiger partial charge in [0.25, 0.3) is 0 Å². The lowest BCUT2D eigenvalue weighted by atomic mass is 10.1. The van der Waals surface area contributed by atoms with Gasteiger partial charge in [-0.15, -0.1) is 5.10 Å². The van der Waals surface area contributed by atoms with E-state index in [-0.39, 0.29) is 12.5 Å². The molecule has 0 spiro atoms. The second-order valence-electron chi connectivity index (χ2n) is 3.43. The Hall–Kier alpha value is -1.65. The van der Waals surface area contributed by atoms with E-state index in [1.807, 2.05) is 19.9 Å². The molecule has 0 amide bonds. The average molecular weight is 209 g/mol. The highest BCUT2D eigenvalue weighted by Crippen LogP contribution is 2.11. The SMILES string of the molecule is COC(=O)CNc1ccc(C(C)C)nn1. The Morgan fingerprint density at radius 1 is 1.47 bits per heavy atom. The number of hydrogen-bond acceptors (Lipinski definition) is 5. The van der Waals surface area contributed by atoms with Gasteiger partial charge in [-0.1, -0.05) is 13.8 Å². The quantitative estimate of drug-likeness (QED) is 0.754. The number of nitrogens with zero attached hydrogens (tertiary/aromatic N) is 2. The largest absolute Gasteiger partial charge is 0.468 e. The van der Waals surface area contributed by atoms with Crippen LogP contribution in [-0.4, -0.2) is 29.8 Å². The van der Waals surface area contributed by atoms with Gasteiger partial charge < -0.3 is 10.1 Å². The lowest BCUT2D eigenvalue weighted by Gasteiger charge is -2.05. The Bertz CT molecular complexity index is 322. The van der Waals surface area contributed by atoms with E-state index in [0.717, 1.165) is 5.69 Å². The number of esters is 1. The maximum Gasteiger partial charge on any atom is 0.325 e. The highest BCUT2D eigenvalue weighted by atomic mass is 16.5. The van der Waals surface area contributed by atoms with Gasteiger partial charge in [0.15, 0.2) is 0 Å². The molecular weight excluding hydrogens is 194 g/mol. The van der Waals surface area contributed by atoms with Crippen molar-refractivity contribution in [2.24, 2.45) is 0 Å². The van der Waals surface area contributed by atoms with Crippen molar-refractivity contribution in [2.45, 2.75) is 19.8 Å². The number of aromatic nitrogens is 2. The molecule has 1 heterocycles. The molecule has 0 atom stereocenters. The summed E-state index contributed by atoms with van der Waals surface area (Å²) < 4.78 is 4.48. The molecule has 0 aliphatic rings. The Balaban J connectivity index is 2.53. The van der Waals surface area contributed by atoms with Crippen molar-refractivity contribution in [1.29, 1.82) is 0 Å². The van der Waals surface area contributed by atoms with E-state index in [4.69, 9.17) is 0 Å². The van der Waals surface area contributed by atoms with Crippen LogP contribution >= 0.6 is 0 Å². The number of ether oxygens (including phenoxy) is 1. The van der Waals surface area contributed by atoms with Gasteiger partial charge in [0.1, 0.15) is 12.4 Å². The monoisotopic (exact) mass is 209 g/mol. The van der Waals surface area contributed by atoms with Gasteiger partial charge in [0.2, 0.25) is 0 Å². The topological polar surface area (TPSA) is 64.1 Å². The van der Waals surface area contributed by atoms with Crippen molar-refractivity contribution >= 4 is 11.8 Å². The van der Waals surface area contributed by atoms with Crippen LogP contribution in [0.5, 0.6) is 0 Å². The molecule has 1 rings (SSSR count). The summed E-state index contributed by atoms with van der Waals surface area (Å²) in [4.78, 5) is 10.8. The van der Waals surface area contributed by atoms with Gasteiger partial charge >= 0.3 is 5.97 Å². The third-order valence-corrected chi connectivity index (χ3v) is 1.92. The first kappa shape index (κ1) is 11.4. The molecule has 0 unspecified atom stereocenters. The summed E-state index contributed by atoms with van der Waals surface area (Å²) in [5, 5.41) is 10.8. The zero-order valence-electron chi connectivity index (χ0n) is 9.15. The minimum Gasteiger partial charge on any atom is -0.468 e. The molecule has 5 nitrogen and oxygen atoms in total. The number of carbonyl (C=O) groups is 1. The number of methoxy groups -OCH3 is 1. The third kappa shape index (κ3) is 3.53. The van der Waals surface area contributed by atoms with E-state index < -0.39 is 0 Å². The molecule has 0 radical (unpaired) electrons. The van der Waals surface area contributed by atoms with Crippen molar-refractivity contribution in [1.82, 2.24) is 10.2 Å². The second kappa shape index (κ2) is 5.29. The summed E-state index contributed by atoms with van der Waals surface area (Å²) in [5.74, 6) is 0.599. The first-order valence-electron chi connectivity index (χ1n) is 4.77. The molecule has 82 valence electrons. The molecule has 0 saturated heterocycles. The molecule has 0 bridgehead atoms. The summed E-state index contributed by atoms with van der Waals surface area (Å²) in [5.41, 5.74) is 0.929. The minimum atomic E-state index is -0.329. The van der Waals surface area contributed by atoms with Gasteiger partial charge in [0.05, 0.1) is 12.8 Å². The lowest BCUT2D eigenvalue weighted by Crippen LogP contribution is -2.16. The highest BCUT2D eigenvalue weighted by molar-refractivity contribution is 5.74. The van der Waals surface area contributed by atoms with Crippen LogP contribution in [0.4, 0.5) is 5.82 Å². The van der Waals surface area contributed by atoms with Crippen molar-refractivity contribution in [3.63, 3.8) is 0 Å². The molecular formula is C10H15N3O2. The van der Waals surface area contributed by atoms with E-state index in [2.05, 4.69) is 20.3 Å². The maximum absolute atomic E-state index is 10.8. The Labute approximate surface area is 88.9 Å². The van der Waals surface area contributed by atoms with Crippen molar-refractivity contribution in [2.75, 3.05) is 19.0 Å². The normalized spacial score (nSPS) is 10.1. The van der Waals surface area contributed by atoms with Gasteiger partial charge in [0, 0.05) is 0 Å². The molecule has 0 aliphatic carbocycles.